The lowest BCUT2D eigenvalue weighted by Crippen LogP contribution is -2.37. The van der Waals surface area contributed by atoms with Crippen LogP contribution in [0.25, 0.3) is 0 Å². The maximum absolute atomic E-state index is 5.96. The third-order valence-corrected chi connectivity index (χ3v) is 4.59. The Morgan fingerprint density at radius 2 is 1.91 bits per heavy atom. The lowest BCUT2D eigenvalue weighted by molar-refractivity contribution is 0.296. The van der Waals surface area contributed by atoms with Gasteiger partial charge in [-0.25, -0.2) is 0 Å². The average Bonchev–Trinajstić information content (AvgIpc) is 3.47. The molecule has 2 aliphatic carbocycles. The van der Waals surface area contributed by atoms with E-state index in [1.807, 2.05) is 13.1 Å². The molecule has 0 amide bonds. The van der Waals surface area contributed by atoms with Crippen molar-refractivity contribution in [1.82, 2.24) is 10.6 Å². The van der Waals surface area contributed by atoms with E-state index in [2.05, 4.69) is 33.8 Å². The van der Waals surface area contributed by atoms with Gasteiger partial charge in [0.05, 0.1) is 6.61 Å². The normalized spacial score (nSPS) is 17.9. The lowest BCUT2D eigenvalue weighted by atomic mass is 10.2. The first-order valence-corrected chi connectivity index (χ1v) is 9.00. The van der Waals surface area contributed by atoms with Gasteiger partial charge in [0, 0.05) is 25.7 Å². The smallest absolute Gasteiger partial charge is 0.191 e. The predicted molar refractivity (Wildman–Crippen MR) is 94.8 cm³/mol. The Labute approximate surface area is 139 Å². The fourth-order valence-electron chi connectivity index (χ4n) is 2.69. The summed E-state index contributed by atoms with van der Waals surface area (Å²) < 4.78 is 5.96. The molecule has 1 aromatic rings. The standard InChI is InChI=1S/C19H29N3O/c1-20-19(21-12-4-5-15-8-9-15)22-13-17-6-2-3-7-18(17)23-14-16-10-11-16/h2-3,6-7,15-16H,4-5,8-14H2,1H3,(H2,20,21,22). The Balaban J connectivity index is 1.41. The van der Waals surface area contributed by atoms with Gasteiger partial charge in [-0.05, 0) is 43.6 Å². The fourth-order valence-corrected chi connectivity index (χ4v) is 2.69. The van der Waals surface area contributed by atoms with Gasteiger partial charge in [-0.15, -0.1) is 0 Å². The second-order valence-electron chi connectivity index (χ2n) is 6.80. The van der Waals surface area contributed by atoms with E-state index in [0.717, 1.165) is 43.2 Å². The number of hydrogen-bond donors (Lipinski definition) is 2. The van der Waals surface area contributed by atoms with Crippen LogP contribution < -0.4 is 15.4 Å². The van der Waals surface area contributed by atoms with Crippen LogP contribution in [0.5, 0.6) is 5.75 Å². The Kier molecular flexibility index (Phi) is 5.78. The highest BCUT2D eigenvalue weighted by molar-refractivity contribution is 5.79. The minimum Gasteiger partial charge on any atom is -0.493 e. The molecule has 2 aliphatic rings. The van der Waals surface area contributed by atoms with Crippen molar-refractivity contribution in [3.63, 3.8) is 0 Å². The predicted octanol–water partition coefficient (Wildman–Crippen LogP) is 3.33. The van der Waals surface area contributed by atoms with Crippen LogP contribution in [0, 0.1) is 11.8 Å². The molecule has 0 atom stereocenters. The van der Waals surface area contributed by atoms with Crippen molar-refractivity contribution in [1.29, 1.82) is 0 Å². The number of nitrogens with one attached hydrogen (secondary N) is 2. The number of rotatable bonds is 9. The average molecular weight is 315 g/mol. The molecule has 0 radical (unpaired) electrons. The van der Waals surface area contributed by atoms with E-state index in [0.29, 0.717) is 0 Å². The number of para-hydroxylation sites is 1. The molecule has 0 aliphatic heterocycles. The third-order valence-electron chi connectivity index (χ3n) is 4.59. The van der Waals surface area contributed by atoms with Crippen LogP contribution in [0.4, 0.5) is 0 Å². The first kappa shape index (κ1) is 16.2. The summed E-state index contributed by atoms with van der Waals surface area (Å²) >= 11 is 0. The summed E-state index contributed by atoms with van der Waals surface area (Å²) in [7, 11) is 1.83. The molecule has 0 heterocycles. The summed E-state index contributed by atoms with van der Waals surface area (Å²) in [6.45, 7) is 2.59. The summed E-state index contributed by atoms with van der Waals surface area (Å²) in [6.07, 6.45) is 8.08. The first-order valence-electron chi connectivity index (χ1n) is 9.00. The second kappa shape index (κ2) is 8.23. The van der Waals surface area contributed by atoms with Crippen LogP contribution in [0.15, 0.2) is 29.3 Å². The number of nitrogens with zero attached hydrogens (tertiary/aromatic N) is 1. The maximum Gasteiger partial charge on any atom is 0.191 e. The number of hydrogen-bond acceptors (Lipinski definition) is 2. The molecule has 2 fully saturated rings. The fraction of sp³-hybridized carbons (Fsp3) is 0.632. The van der Waals surface area contributed by atoms with Crippen molar-refractivity contribution >= 4 is 5.96 Å². The summed E-state index contributed by atoms with van der Waals surface area (Å²) in [5.41, 5.74) is 1.19. The van der Waals surface area contributed by atoms with E-state index in [1.54, 1.807) is 0 Å². The van der Waals surface area contributed by atoms with Crippen molar-refractivity contribution < 1.29 is 4.74 Å². The van der Waals surface area contributed by atoms with Crippen LogP contribution in [0.1, 0.15) is 44.1 Å². The summed E-state index contributed by atoms with van der Waals surface area (Å²) in [5.74, 6) is 3.65. The zero-order valence-corrected chi connectivity index (χ0v) is 14.2. The van der Waals surface area contributed by atoms with Crippen molar-refractivity contribution in [2.75, 3.05) is 20.2 Å². The van der Waals surface area contributed by atoms with Gasteiger partial charge < -0.3 is 15.4 Å². The second-order valence-corrected chi connectivity index (χ2v) is 6.80. The van der Waals surface area contributed by atoms with E-state index in [1.165, 1.54) is 44.1 Å². The Bertz CT molecular complexity index is 521. The summed E-state index contributed by atoms with van der Waals surface area (Å²) in [5, 5.41) is 6.79. The quantitative estimate of drug-likeness (QED) is 0.417. The maximum atomic E-state index is 5.96. The molecule has 0 bridgehead atoms. The van der Waals surface area contributed by atoms with Crippen LogP contribution >= 0.6 is 0 Å². The van der Waals surface area contributed by atoms with Gasteiger partial charge in [-0.1, -0.05) is 31.0 Å². The SMILES string of the molecule is CN=C(NCCCC1CC1)NCc1ccccc1OCC1CC1. The highest BCUT2D eigenvalue weighted by Gasteiger charge is 2.22. The zero-order chi connectivity index (χ0) is 15.9. The molecule has 4 nitrogen and oxygen atoms in total. The molecule has 23 heavy (non-hydrogen) atoms. The van der Waals surface area contributed by atoms with E-state index in [9.17, 15) is 0 Å². The zero-order valence-electron chi connectivity index (χ0n) is 14.2. The van der Waals surface area contributed by atoms with Gasteiger partial charge in [-0.2, -0.15) is 0 Å². The van der Waals surface area contributed by atoms with Gasteiger partial charge in [-0.3, -0.25) is 4.99 Å². The largest absolute Gasteiger partial charge is 0.493 e. The monoisotopic (exact) mass is 315 g/mol. The Morgan fingerprint density at radius 1 is 1.13 bits per heavy atom. The molecule has 2 N–H and O–H groups in total. The lowest BCUT2D eigenvalue weighted by Gasteiger charge is -2.14. The van der Waals surface area contributed by atoms with Gasteiger partial charge in [0.1, 0.15) is 5.75 Å². The van der Waals surface area contributed by atoms with Gasteiger partial charge in [0.25, 0.3) is 0 Å². The van der Waals surface area contributed by atoms with Crippen LogP contribution in [-0.2, 0) is 6.54 Å². The first-order chi connectivity index (χ1) is 11.3. The minimum absolute atomic E-state index is 0.739. The molecule has 0 aromatic heterocycles. The molecule has 126 valence electrons. The third kappa shape index (κ3) is 5.77. The summed E-state index contributed by atoms with van der Waals surface area (Å²) in [4.78, 5) is 4.30. The molecule has 0 spiro atoms. The Hall–Kier alpha value is -1.71. The Morgan fingerprint density at radius 3 is 2.65 bits per heavy atom. The van der Waals surface area contributed by atoms with Crippen molar-refractivity contribution in [2.45, 2.75) is 45.1 Å². The number of benzene rings is 1. The van der Waals surface area contributed by atoms with Crippen molar-refractivity contribution in [2.24, 2.45) is 16.8 Å². The molecule has 0 saturated heterocycles. The molecule has 1 aromatic carbocycles. The van der Waals surface area contributed by atoms with E-state index >= 15 is 0 Å². The van der Waals surface area contributed by atoms with Gasteiger partial charge in [0.15, 0.2) is 5.96 Å². The van der Waals surface area contributed by atoms with Gasteiger partial charge >= 0.3 is 0 Å². The minimum atomic E-state index is 0.739. The highest BCUT2D eigenvalue weighted by Crippen LogP contribution is 2.33. The molecular formula is C19H29N3O. The molecule has 3 rings (SSSR count). The van der Waals surface area contributed by atoms with Gasteiger partial charge in [0.2, 0.25) is 0 Å². The van der Waals surface area contributed by atoms with Crippen molar-refractivity contribution in [3.8, 4) is 5.75 Å². The van der Waals surface area contributed by atoms with Crippen LogP contribution in [0.2, 0.25) is 0 Å². The number of guanidine groups is 1. The summed E-state index contributed by atoms with van der Waals surface area (Å²) in [6, 6.07) is 8.28. The van der Waals surface area contributed by atoms with E-state index in [-0.39, 0.29) is 0 Å². The van der Waals surface area contributed by atoms with Crippen molar-refractivity contribution in [3.05, 3.63) is 29.8 Å². The number of aliphatic imine (C=N–C) groups is 1. The van der Waals surface area contributed by atoms with E-state index in [4.69, 9.17) is 4.74 Å². The number of ether oxygens (including phenoxy) is 1. The highest BCUT2D eigenvalue weighted by atomic mass is 16.5. The molecular weight excluding hydrogens is 286 g/mol. The molecule has 0 unspecified atom stereocenters. The van der Waals surface area contributed by atoms with Crippen LogP contribution in [-0.4, -0.2) is 26.2 Å². The van der Waals surface area contributed by atoms with Crippen LogP contribution in [0.3, 0.4) is 0 Å². The molecule has 2 saturated carbocycles. The molecule has 4 heteroatoms. The van der Waals surface area contributed by atoms with E-state index < -0.39 is 0 Å². The topological polar surface area (TPSA) is 45.7 Å².